The van der Waals surface area contributed by atoms with Crippen LogP contribution in [0.1, 0.15) is 34.6 Å². The molecule has 120 valence electrons. The molecule has 0 saturated heterocycles. The first-order chi connectivity index (χ1) is 11.4. The van der Waals surface area contributed by atoms with Gasteiger partial charge in [0, 0.05) is 21.9 Å². The number of phenols is 2. The van der Waals surface area contributed by atoms with Crippen LogP contribution in [-0.4, -0.2) is 21.8 Å². The Morgan fingerprint density at radius 3 is 1.83 bits per heavy atom. The summed E-state index contributed by atoms with van der Waals surface area (Å²) in [6, 6.07) is 13.2. The highest BCUT2D eigenvalue weighted by molar-refractivity contribution is 6.08. The smallest absolute Gasteiger partial charge is 0.160 e. The fourth-order valence-corrected chi connectivity index (χ4v) is 2.82. The molecule has 0 fully saturated rings. The van der Waals surface area contributed by atoms with Crippen LogP contribution in [0.2, 0.25) is 0 Å². The van der Waals surface area contributed by atoms with E-state index in [1.54, 1.807) is 36.4 Å². The second kappa shape index (κ2) is 5.81. The van der Waals surface area contributed by atoms with Crippen molar-refractivity contribution < 1.29 is 19.8 Å². The summed E-state index contributed by atoms with van der Waals surface area (Å²) in [7, 11) is 0. The molecule has 3 rings (SSSR count). The third-order valence-corrected chi connectivity index (χ3v) is 4.08. The van der Waals surface area contributed by atoms with Crippen LogP contribution < -0.4 is 0 Å². The molecule has 0 unspecified atom stereocenters. The van der Waals surface area contributed by atoms with Crippen molar-refractivity contribution in [1.82, 2.24) is 0 Å². The number of carbonyl (C=O) groups is 2. The molecule has 0 amide bonds. The van der Waals surface area contributed by atoms with Gasteiger partial charge in [0.05, 0.1) is 0 Å². The first-order valence-corrected chi connectivity index (χ1v) is 7.49. The van der Waals surface area contributed by atoms with E-state index in [1.807, 2.05) is 0 Å². The van der Waals surface area contributed by atoms with Crippen LogP contribution in [0.25, 0.3) is 21.9 Å². The topological polar surface area (TPSA) is 74.6 Å². The second-order valence-electron chi connectivity index (χ2n) is 5.74. The predicted octanol–water partition coefficient (Wildman–Crippen LogP) is 4.32. The van der Waals surface area contributed by atoms with Gasteiger partial charge >= 0.3 is 0 Å². The van der Waals surface area contributed by atoms with Gasteiger partial charge in [-0.25, -0.2) is 0 Å². The zero-order chi connectivity index (χ0) is 17.4. The number of carbonyl (C=O) groups excluding carboxylic acids is 2. The van der Waals surface area contributed by atoms with E-state index in [4.69, 9.17) is 0 Å². The third kappa shape index (κ3) is 2.63. The van der Waals surface area contributed by atoms with Gasteiger partial charge in [-0.1, -0.05) is 18.2 Å². The SMILES string of the molecule is CC(=O)c1ccc(-c2ccc3c(O)ccc(O)c3c2)cc1C(C)=O. The molecule has 0 aliphatic heterocycles. The minimum atomic E-state index is -0.177. The summed E-state index contributed by atoms with van der Waals surface area (Å²) < 4.78 is 0. The molecule has 2 N–H and O–H groups in total. The Kier molecular flexibility index (Phi) is 3.81. The Morgan fingerprint density at radius 1 is 0.667 bits per heavy atom. The van der Waals surface area contributed by atoms with Gasteiger partial charge < -0.3 is 10.2 Å². The fraction of sp³-hybridized carbons (Fsp3) is 0.100. The van der Waals surface area contributed by atoms with Gasteiger partial charge in [0.1, 0.15) is 11.5 Å². The first kappa shape index (κ1) is 15.7. The van der Waals surface area contributed by atoms with E-state index in [1.165, 1.54) is 26.0 Å². The van der Waals surface area contributed by atoms with E-state index in [2.05, 4.69) is 0 Å². The van der Waals surface area contributed by atoms with E-state index in [0.717, 1.165) is 11.1 Å². The minimum absolute atomic E-state index is 0.0665. The lowest BCUT2D eigenvalue weighted by molar-refractivity contribution is 0.0981. The van der Waals surface area contributed by atoms with Crippen LogP contribution in [0.3, 0.4) is 0 Å². The molecule has 0 aromatic heterocycles. The summed E-state index contributed by atoms with van der Waals surface area (Å²) in [5, 5.41) is 21.0. The Morgan fingerprint density at radius 2 is 1.21 bits per heavy atom. The zero-order valence-corrected chi connectivity index (χ0v) is 13.3. The highest BCUT2D eigenvalue weighted by atomic mass is 16.3. The molecule has 24 heavy (non-hydrogen) atoms. The van der Waals surface area contributed by atoms with Crippen molar-refractivity contribution in [3.63, 3.8) is 0 Å². The van der Waals surface area contributed by atoms with Crippen LogP contribution in [0.15, 0.2) is 48.5 Å². The number of rotatable bonds is 3. The quantitative estimate of drug-likeness (QED) is 0.556. The average molecular weight is 320 g/mol. The summed E-state index contributed by atoms with van der Waals surface area (Å²) in [6.07, 6.45) is 0. The summed E-state index contributed by atoms with van der Waals surface area (Å²) in [6.45, 7) is 2.86. The standard InChI is InChI=1S/C20H16O4/c1-11(21)15-5-3-13(9-17(15)12(2)22)14-4-6-16-18(10-14)20(24)8-7-19(16)23/h3-10,23-24H,1-2H3. The maximum atomic E-state index is 11.8. The van der Waals surface area contributed by atoms with Crippen molar-refractivity contribution in [3.05, 3.63) is 59.7 Å². The van der Waals surface area contributed by atoms with E-state index in [0.29, 0.717) is 21.9 Å². The highest BCUT2D eigenvalue weighted by Gasteiger charge is 2.13. The Hall–Kier alpha value is -3.14. The molecule has 0 atom stereocenters. The number of Topliss-reactive ketones (excluding diaryl/α,β-unsaturated/α-hetero) is 2. The fourth-order valence-electron chi connectivity index (χ4n) is 2.82. The number of hydrogen-bond donors (Lipinski definition) is 2. The van der Waals surface area contributed by atoms with E-state index in [9.17, 15) is 19.8 Å². The van der Waals surface area contributed by atoms with Gasteiger partial charge in [0.2, 0.25) is 0 Å². The molecule has 0 radical (unpaired) electrons. The molecular formula is C20H16O4. The Bertz CT molecular complexity index is 986. The van der Waals surface area contributed by atoms with Crippen LogP contribution in [0.5, 0.6) is 11.5 Å². The number of benzene rings is 3. The molecule has 4 nitrogen and oxygen atoms in total. The van der Waals surface area contributed by atoms with Crippen LogP contribution in [-0.2, 0) is 0 Å². The van der Waals surface area contributed by atoms with Crippen molar-refractivity contribution in [2.24, 2.45) is 0 Å². The molecule has 3 aromatic rings. The molecule has 0 saturated carbocycles. The van der Waals surface area contributed by atoms with E-state index < -0.39 is 0 Å². The van der Waals surface area contributed by atoms with Crippen LogP contribution in [0, 0.1) is 0 Å². The molecule has 0 aliphatic carbocycles. The van der Waals surface area contributed by atoms with Crippen molar-refractivity contribution >= 4 is 22.3 Å². The lowest BCUT2D eigenvalue weighted by atomic mass is 9.94. The largest absolute Gasteiger partial charge is 0.507 e. The number of hydrogen-bond acceptors (Lipinski definition) is 4. The van der Waals surface area contributed by atoms with Gasteiger partial charge in [-0.2, -0.15) is 0 Å². The first-order valence-electron chi connectivity index (χ1n) is 7.49. The molecule has 0 bridgehead atoms. The maximum Gasteiger partial charge on any atom is 0.160 e. The lowest BCUT2D eigenvalue weighted by Crippen LogP contribution is -2.04. The van der Waals surface area contributed by atoms with E-state index >= 15 is 0 Å². The summed E-state index contributed by atoms with van der Waals surface area (Å²) in [4.78, 5) is 23.5. The highest BCUT2D eigenvalue weighted by Crippen LogP contribution is 2.35. The number of ketones is 2. The predicted molar refractivity (Wildman–Crippen MR) is 92.7 cm³/mol. The van der Waals surface area contributed by atoms with Crippen LogP contribution >= 0.6 is 0 Å². The molecular weight excluding hydrogens is 304 g/mol. The average Bonchev–Trinajstić information content (AvgIpc) is 2.57. The summed E-state index contributed by atoms with van der Waals surface area (Å²) in [5.74, 6) is -0.182. The monoisotopic (exact) mass is 320 g/mol. The van der Waals surface area contributed by atoms with Gasteiger partial charge in [-0.05, 0) is 55.3 Å². The van der Waals surface area contributed by atoms with Crippen molar-refractivity contribution in [1.29, 1.82) is 0 Å². The van der Waals surface area contributed by atoms with Crippen molar-refractivity contribution in [2.45, 2.75) is 13.8 Å². The Labute approximate surface area is 139 Å². The molecule has 3 aromatic carbocycles. The number of phenolic OH excluding ortho intramolecular Hbond substituents is 2. The normalized spacial score (nSPS) is 10.8. The lowest BCUT2D eigenvalue weighted by Gasteiger charge is -2.10. The third-order valence-electron chi connectivity index (χ3n) is 4.08. The minimum Gasteiger partial charge on any atom is -0.507 e. The summed E-state index contributed by atoms with van der Waals surface area (Å²) in [5.41, 5.74) is 2.31. The van der Waals surface area contributed by atoms with Gasteiger partial charge in [-0.15, -0.1) is 0 Å². The van der Waals surface area contributed by atoms with Crippen LogP contribution in [0.4, 0.5) is 0 Å². The Balaban J connectivity index is 2.21. The van der Waals surface area contributed by atoms with Crippen molar-refractivity contribution in [3.8, 4) is 22.6 Å². The number of fused-ring (bicyclic) bond motifs is 1. The zero-order valence-electron chi connectivity index (χ0n) is 13.3. The number of aromatic hydroxyl groups is 2. The molecule has 0 spiro atoms. The van der Waals surface area contributed by atoms with Gasteiger partial charge in [-0.3, -0.25) is 9.59 Å². The van der Waals surface area contributed by atoms with Crippen molar-refractivity contribution in [2.75, 3.05) is 0 Å². The maximum absolute atomic E-state index is 11.8. The van der Waals surface area contributed by atoms with Gasteiger partial charge in [0.15, 0.2) is 11.6 Å². The molecule has 4 heteroatoms. The van der Waals surface area contributed by atoms with Gasteiger partial charge in [0.25, 0.3) is 0 Å². The second-order valence-corrected chi connectivity index (χ2v) is 5.74. The summed E-state index contributed by atoms with van der Waals surface area (Å²) >= 11 is 0. The van der Waals surface area contributed by atoms with E-state index in [-0.39, 0.29) is 23.1 Å². The molecule has 0 heterocycles. The molecule has 0 aliphatic rings.